The fourth-order valence-electron chi connectivity index (χ4n) is 3.25. The molecule has 3 aromatic carbocycles. The maximum atomic E-state index is 12.3. The van der Waals surface area contributed by atoms with Crippen LogP contribution in [0.3, 0.4) is 0 Å². The van der Waals surface area contributed by atoms with Crippen molar-refractivity contribution in [3.05, 3.63) is 89.1 Å². The average Bonchev–Trinajstić information content (AvgIpc) is 3.07. The normalized spacial score (nSPS) is 15.2. The molecule has 0 bridgehead atoms. The summed E-state index contributed by atoms with van der Waals surface area (Å²) < 4.78 is 5.41. The molecule has 0 amide bonds. The Morgan fingerprint density at radius 3 is 2.56 bits per heavy atom. The second kappa shape index (κ2) is 7.58. The van der Waals surface area contributed by atoms with Crippen LogP contribution >= 0.6 is 0 Å². The number of cyclic esters (lactones) is 1. The first-order valence-electron chi connectivity index (χ1n) is 9.34. The molecule has 134 valence electrons. The maximum absolute atomic E-state index is 12.3. The quantitative estimate of drug-likeness (QED) is 0.446. The molecule has 4 rings (SSSR count). The van der Waals surface area contributed by atoms with E-state index in [1.165, 1.54) is 18.4 Å². The number of benzene rings is 3. The first-order valence-corrected chi connectivity index (χ1v) is 9.34. The predicted octanol–water partition coefficient (Wildman–Crippen LogP) is 5.53. The molecule has 0 spiro atoms. The molecule has 1 heterocycles. The van der Waals surface area contributed by atoms with Crippen molar-refractivity contribution in [2.75, 3.05) is 0 Å². The lowest BCUT2D eigenvalue weighted by Crippen LogP contribution is -2.05. The lowest BCUT2D eigenvalue weighted by atomic mass is 10.0. The first kappa shape index (κ1) is 17.2. The number of esters is 1. The van der Waals surface area contributed by atoms with E-state index in [4.69, 9.17) is 4.74 Å². The van der Waals surface area contributed by atoms with Crippen molar-refractivity contribution in [2.24, 2.45) is 4.99 Å². The molecular formula is C24H21NO2. The molecule has 0 saturated carbocycles. The Kier molecular flexibility index (Phi) is 4.84. The molecule has 0 N–H and O–H groups in total. The Morgan fingerprint density at radius 2 is 1.74 bits per heavy atom. The summed E-state index contributed by atoms with van der Waals surface area (Å²) in [6, 6.07) is 22.2. The van der Waals surface area contributed by atoms with Crippen LogP contribution in [0.2, 0.25) is 0 Å². The highest BCUT2D eigenvalue weighted by molar-refractivity contribution is 6.13. The lowest BCUT2D eigenvalue weighted by Gasteiger charge is -2.02. The van der Waals surface area contributed by atoms with Crippen molar-refractivity contribution < 1.29 is 9.53 Å². The molecule has 3 nitrogen and oxygen atoms in total. The van der Waals surface area contributed by atoms with E-state index in [1.807, 2.05) is 42.5 Å². The van der Waals surface area contributed by atoms with Gasteiger partial charge in [0.25, 0.3) is 0 Å². The number of rotatable bonds is 5. The summed E-state index contributed by atoms with van der Waals surface area (Å²) in [6.07, 6.45) is 5.21. The summed E-state index contributed by atoms with van der Waals surface area (Å²) in [6.45, 7) is 2.19. The summed E-state index contributed by atoms with van der Waals surface area (Å²) >= 11 is 0. The largest absolute Gasteiger partial charge is 0.402 e. The van der Waals surface area contributed by atoms with Gasteiger partial charge in [0, 0.05) is 5.56 Å². The van der Waals surface area contributed by atoms with Gasteiger partial charge in [0.05, 0.1) is 0 Å². The van der Waals surface area contributed by atoms with Crippen molar-refractivity contribution in [1.29, 1.82) is 0 Å². The Labute approximate surface area is 159 Å². The number of ether oxygens (including phenoxy) is 1. The van der Waals surface area contributed by atoms with Gasteiger partial charge in [-0.1, -0.05) is 67.9 Å². The summed E-state index contributed by atoms with van der Waals surface area (Å²) in [7, 11) is 0. The molecule has 0 atom stereocenters. The van der Waals surface area contributed by atoms with E-state index >= 15 is 0 Å². The fourth-order valence-corrected chi connectivity index (χ4v) is 3.25. The highest BCUT2D eigenvalue weighted by Gasteiger charge is 2.24. The average molecular weight is 355 g/mol. The standard InChI is InChI=1S/C24H21NO2/c1-2-3-7-17-12-14-19(15-13-17)23-25-22(24(26)27-23)16-20-10-6-9-18-8-4-5-11-21(18)20/h4-6,8-16H,2-3,7H2,1H3. The van der Waals surface area contributed by atoms with Crippen LogP contribution in [0.5, 0.6) is 0 Å². The van der Waals surface area contributed by atoms with Gasteiger partial charge in [-0.2, -0.15) is 0 Å². The molecule has 1 aliphatic rings. The predicted molar refractivity (Wildman–Crippen MR) is 110 cm³/mol. The Bertz CT molecular complexity index is 1040. The van der Waals surface area contributed by atoms with Crippen molar-refractivity contribution in [2.45, 2.75) is 26.2 Å². The van der Waals surface area contributed by atoms with Crippen LogP contribution in [0, 0.1) is 0 Å². The Hall–Kier alpha value is -3.20. The zero-order valence-electron chi connectivity index (χ0n) is 15.3. The first-order chi connectivity index (χ1) is 13.2. The van der Waals surface area contributed by atoms with Crippen LogP contribution in [0.15, 0.2) is 77.4 Å². The Morgan fingerprint density at radius 1 is 0.963 bits per heavy atom. The van der Waals surface area contributed by atoms with E-state index < -0.39 is 5.97 Å². The molecular weight excluding hydrogens is 334 g/mol. The van der Waals surface area contributed by atoms with Gasteiger partial charge in [0.1, 0.15) is 0 Å². The van der Waals surface area contributed by atoms with Crippen LogP contribution in [0.1, 0.15) is 36.5 Å². The molecule has 0 unspecified atom stereocenters. The number of aliphatic imine (C=N–C) groups is 1. The minimum Gasteiger partial charge on any atom is -0.402 e. The highest BCUT2D eigenvalue weighted by Crippen LogP contribution is 2.24. The van der Waals surface area contributed by atoms with Gasteiger partial charge >= 0.3 is 5.97 Å². The number of hydrogen-bond acceptors (Lipinski definition) is 3. The third-order valence-corrected chi connectivity index (χ3v) is 4.76. The number of aryl methyl sites for hydroxylation is 1. The monoisotopic (exact) mass is 355 g/mol. The Balaban J connectivity index is 1.63. The van der Waals surface area contributed by atoms with Crippen molar-refractivity contribution in [3.8, 4) is 0 Å². The SMILES string of the molecule is CCCCc1ccc(C2=NC(=Cc3cccc4ccccc34)C(=O)O2)cc1. The maximum Gasteiger partial charge on any atom is 0.363 e. The summed E-state index contributed by atoms with van der Waals surface area (Å²) in [5.41, 5.74) is 3.40. The molecule has 1 aliphatic heterocycles. The summed E-state index contributed by atoms with van der Waals surface area (Å²) in [5.74, 6) is -0.0403. The van der Waals surface area contributed by atoms with E-state index in [1.54, 1.807) is 6.08 Å². The molecule has 0 radical (unpaired) electrons. The zero-order chi connectivity index (χ0) is 18.6. The van der Waals surface area contributed by atoms with Crippen LogP contribution in [0.25, 0.3) is 16.8 Å². The van der Waals surface area contributed by atoms with Gasteiger partial charge < -0.3 is 4.74 Å². The number of nitrogens with zero attached hydrogens (tertiary/aromatic N) is 1. The van der Waals surface area contributed by atoms with E-state index in [0.29, 0.717) is 11.6 Å². The lowest BCUT2D eigenvalue weighted by molar-refractivity contribution is -0.129. The van der Waals surface area contributed by atoms with Crippen LogP contribution < -0.4 is 0 Å². The smallest absolute Gasteiger partial charge is 0.363 e. The summed E-state index contributed by atoms with van der Waals surface area (Å²) in [5, 5.41) is 2.22. The second-order valence-electron chi connectivity index (χ2n) is 6.70. The van der Waals surface area contributed by atoms with Crippen LogP contribution in [-0.4, -0.2) is 11.9 Å². The van der Waals surface area contributed by atoms with Crippen LogP contribution in [0.4, 0.5) is 0 Å². The van der Waals surface area contributed by atoms with Gasteiger partial charge in [0.15, 0.2) is 5.70 Å². The van der Waals surface area contributed by atoms with E-state index in [0.717, 1.165) is 28.3 Å². The van der Waals surface area contributed by atoms with E-state index in [2.05, 4.69) is 36.2 Å². The highest BCUT2D eigenvalue weighted by atomic mass is 16.6. The molecule has 0 fully saturated rings. The second-order valence-corrected chi connectivity index (χ2v) is 6.70. The molecule has 0 aromatic heterocycles. The molecule has 27 heavy (non-hydrogen) atoms. The minimum atomic E-state index is -0.409. The number of unbranched alkanes of at least 4 members (excludes halogenated alkanes) is 1. The van der Waals surface area contributed by atoms with Crippen LogP contribution in [-0.2, 0) is 16.0 Å². The van der Waals surface area contributed by atoms with E-state index in [-0.39, 0.29) is 0 Å². The minimum absolute atomic E-state index is 0.330. The number of hydrogen-bond donors (Lipinski definition) is 0. The van der Waals surface area contributed by atoms with Crippen molar-refractivity contribution in [1.82, 2.24) is 0 Å². The topological polar surface area (TPSA) is 38.7 Å². The number of fused-ring (bicyclic) bond motifs is 1. The third kappa shape index (κ3) is 3.68. The van der Waals surface area contributed by atoms with E-state index in [9.17, 15) is 4.79 Å². The fraction of sp³-hybridized carbons (Fsp3) is 0.167. The van der Waals surface area contributed by atoms with Gasteiger partial charge in [-0.05, 0) is 52.9 Å². The molecule has 3 heteroatoms. The van der Waals surface area contributed by atoms with Gasteiger partial charge in [-0.15, -0.1) is 0 Å². The van der Waals surface area contributed by atoms with Gasteiger partial charge in [-0.25, -0.2) is 9.79 Å². The molecule has 0 aliphatic carbocycles. The summed E-state index contributed by atoms with van der Waals surface area (Å²) in [4.78, 5) is 16.7. The number of carbonyl (C=O) groups is 1. The van der Waals surface area contributed by atoms with Gasteiger partial charge in [-0.3, -0.25) is 0 Å². The van der Waals surface area contributed by atoms with Crippen molar-refractivity contribution >= 4 is 28.7 Å². The zero-order valence-corrected chi connectivity index (χ0v) is 15.3. The number of carbonyl (C=O) groups excluding carboxylic acids is 1. The van der Waals surface area contributed by atoms with Crippen molar-refractivity contribution in [3.63, 3.8) is 0 Å². The molecule has 3 aromatic rings. The van der Waals surface area contributed by atoms with Gasteiger partial charge in [0.2, 0.25) is 5.90 Å². The molecule has 0 saturated heterocycles. The third-order valence-electron chi connectivity index (χ3n) is 4.76.